The summed E-state index contributed by atoms with van der Waals surface area (Å²) in [6, 6.07) is 8.94. The van der Waals surface area contributed by atoms with E-state index in [0.717, 1.165) is 23.9 Å². The third-order valence-electron chi connectivity index (χ3n) is 4.61. The van der Waals surface area contributed by atoms with Gasteiger partial charge in [-0.05, 0) is 43.5 Å². The maximum absolute atomic E-state index is 12.9. The Balaban J connectivity index is 2.23. The largest absolute Gasteiger partial charge is 0.477 e. The van der Waals surface area contributed by atoms with Gasteiger partial charge in [0, 0.05) is 23.2 Å². The summed E-state index contributed by atoms with van der Waals surface area (Å²) in [5.74, 6) is -0.882. The minimum atomic E-state index is -1.23. The van der Waals surface area contributed by atoms with Gasteiger partial charge in [-0.3, -0.25) is 4.79 Å². The number of hydrogen-bond donors (Lipinski definition) is 2. The number of hydrogen-bond acceptors (Lipinski definition) is 4. The average molecular weight is 335 g/mol. The third-order valence-corrected chi connectivity index (χ3v) is 4.61. The first-order valence-electron chi connectivity index (χ1n) is 8.12. The zero-order valence-electron chi connectivity index (χ0n) is 13.7. The van der Waals surface area contributed by atoms with Crippen LogP contribution in [-0.4, -0.2) is 20.6 Å². The van der Waals surface area contributed by atoms with E-state index in [1.165, 1.54) is 6.20 Å². The van der Waals surface area contributed by atoms with Crippen LogP contribution in [0.2, 0.25) is 0 Å². The number of para-hydroxylation sites is 1. The molecule has 6 heteroatoms. The number of anilines is 1. The predicted octanol–water partition coefficient (Wildman–Crippen LogP) is 2.99. The lowest BCUT2D eigenvalue weighted by Gasteiger charge is -2.20. The lowest BCUT2D eigenvalue weighted by atomic mass is 10.0. The summed E-state index contributed by atoms with van der Waals surface area (Å²) in [6.07, 6.45) is 3.45. The van der Waals surface area contributed by atoms with Crippen LogP contribution < -0.4 is 11.2 Å². The summed E-state index contributed by atoms with van der Waals surface area (Å²) in [5, 5.41) is 10.2. The van der Waals surface area contributed by atoms with Crippen molar-refractivity contribution in [2.75, 3.05) is 5.73 Å². The van der Waals surface area contributed by atoms with Crippen LogP contribution in [0.3, 0.4) is 0 Å². The molecule has 0 spiro atoms. The van der Waals surface area contributed by atoms with Crippen LogP contribution in [-0.2, 0) is 0 Å². The average Bonchev–Trinajstić information content (AvgIpc) is 3.40. The number of carboxylic acid groups (broad SMARTS) is 1. The van der Waals surface area contributed by atoms with Crippen molar-refractivity contribution in [2.24, 2.45) is 0 Å². The second-order valence-corrected chi connectivity index (χ2v) is 6.40. The number of benzene rings is 1. The summed E-state index contributed by atoms with van der Waals surface area (Å²) in [6.45, 7) is 1.94. The number of nitrogens with two attached hydrogens (primary N) is 1. The Morgan fingerprint density at radius 3 is 2.64 bits per heavy atom. The highest BCUT2D eigenvalue weighted by atomic mass is 16.4. The molecule has 0 aliphatic heterocycles. The van der Waals surface area contributed by atoms with Crippen LogP contribution in [0.25, 0.3) is 22.2 Å². The number of rotatable bonds is 3. The molecule has 0 unspecified atom stereocenters. The molecule has 1 aliphatic carbocycles. The van der Waals surface area contributed by atoms with Gasteiger partial charge in [0.05, 0.1) is 11.2 Å². The molecule has 4 rings (SSSR count). The summed E-state index contributed by atoms with van der Waals surface area (Å²) >= 11 is 0. The first kappa shape index (κ1) is 15.4. The van der Waals surface area contributed by atoms with Crippen molar-refractivity contribution in [3.8, 4) is 11.3 Å². The highest BCUT2D eigenvalue weighted by Crippen LogP contribution is 2.42. The molecule has 2 aromatic heterocycles. The first-order chi connectivity index (χ1) is 12.0. The zero-order chi connectivity index (χ0) is 17.7. The number of nitrogens with zero attached hydrogens (tertiary/aromatic N) is 2. The van der Waals surface area contributed by atoms with Gasteiger partial charge in [0.15, 0.2) is 0 Å². The third kappa shape index (κ3) is 2.38. The van der Waals surface area contributed by atoms with Gasteiger partial charge >= 0.3 is 5.97 Å². The number of nitrogen functional groups attached to an aromatic ring is 1. The van der Waals surface area contributed by atoms with E-state index in [2.05, 4.69) is 4.98 Å². The Hall–Kier alpha value is -3.15. The molecular formula is C19H17N3O3. The Bertz CT molecular complexity index is 1060. The standard InChI is InChI=1S/C19H17N3O3/c1-10-3-2-4-13-16(10)22(12-6-7-12)17(15(18(13)23)19(24)25)11-5-8-14(20)21-9-11/h2-5,8-9,12H,6-7H2,1H3,(H2,20,21)(H,24,25). The van der Waals surface area contributed by atoms with E-state index >= 15 is 0 Å². The zero-order valence-corrected chi connectivity index (χ0v) is 13.7. The fraction of sp³-hybridized carbons (Fsp3) is 0.211. The molecule has 0 radical (unpaired) electrons. The fourth-order valence-electron chi connectivity index (χ4n) is 3.36. The molecule has 0 amide bonds. The Labute approximate surface area is 143 Å². The van der Waals surface area contributed by atoms with E-state index in [9.17, 15) is 14.7 Å². The fourth-order valence-corrected chi connectivity index (χ4v) is 3.36. The molecule has 25 heavy (non-hydrogen) atoms. The molecule has 0 bridgehead atoms. The van der Waals surface area contributed by atoms with Crippen LogP contribution in [0.5, 0.6) is 0 Å². The van der Waals surface area contributed by atoms with Gasteiger partial charge in [0.1, 0.15) is 11.4 Å². The van der Waals surface area contributed by atoms with E-state index in [1.54, 1.807) is 24.3 Å². The van der Waals surface area contributed by atoms with Crippen LogP contribution in [0.4, 0.5) is 5.82 Å². The van der Waals surface area contributed by atoms with Gasteiger partial charge < -0.3 is 15.4 Å². The summed E-state index contributed by atoms with van der Waals surface area (Å²) in [4.78, 5) is 29.0. The first-order valence-corrected chi connectivity index (χ1v) is 8.12. The normalized spacial score (nSPS) is 14.0. The summed E-state index contributed by atoms with van der Waals surface area (Å²) in [7, 11) is 0. The number of fused-ring (bicyclic) bond motifs is 1. The van der Waals surface area contributed by atoms with Crippen LogP contribution in [0.15, 0.2) is 41.3 Å². The van der Waals surface area contributed by atoms with E-state index in [4.69, 9.17) is 5.73 Å². The SMILES string of the molecule is Cc1cccc2c(=O)c(C(=O)O)c(-c3ccc(N)nc3)n(C3CC3)c12. The molecule has 1 saturated carbocycles. The number of carbonyl (C=O) groups is 1. The number of aromatic carboxylic acids is 1. The van der Waals surface area contributed by atoms with Gasteiger partial charge in [-0.2, -0.15) is 0 Å². The number of pyridine rings is 2. The molecular weight excluding hydrogens is 318 g/mol. The Morgan fingerprint density at radius 1 is 1.28 bits per heavy atom. The second kappa shape index (κ2) is 5.44. The van der Waals surface area contributed by atoms with Crippen molar-refractivity contribution in [2.45, 2.75) is 25.8 Å². The number of aryl methyl sites for hydroxylation is 1. The topological polar surface area (TPSA) is 98.2 Å². The highest BCUT2D eigenvalue weighted by molar-refractivity contribution is 6.00. The minimum Gasteiger partial charge on any atom is -0.477 e. The lowest BCUT2D eigenvalue weighted by molar-refractivity contribution is 0.0696. The molecule has 2 heterocycles. The summed E-state index contributed by atoms with van der Waals surface area (Å²) in [5.41, 5.74) is 7.73. The van der Waals surface area contributed by atoms with E-state index in [0.29, 0.717) is 22.5 Å². The smallest absolute Gasteiger partial charge is 0.341 e. The molecule has 3 aromatic rings. The molecule has 6 nitrogen and oxygen atoms in total. The van der Waals surface area contributed by atoms with Crippen LogP contribution in [0.1, 0.15) is 34.8 Å². The maximum Gasteiger partial charge on any atom is 0.341 e. The van der Waals surface area contributed by atoms with E-state index in [1.807, 2.05) is 17.6 Å². The van der Waals surface area contributed by atoms with Crippen molar-refractivity contribution in [1.82, 2.24) is 9.55 Å². The van der Waals surface area contributed by atoms with Gasteiger partial charge in [0.2, 0.25) is 5.43 Å². The van der Waals surface area contributed by atoms with Crippen molar-refractivity contribution in [3.63, 3.8) is 0 Å². The molecule has 0 saturated heterocycles. The van der Waals surface area contributed by atoms with E-state index < -0.39 is 11.4 Å². The molecule has 1 aromatic carbocycles. The van der Waals surface area contributed by atoms with E-state index in [-0.39, 0.29) is 11.6 Å². The highest BCUT2D eigenvalue weighted by Gasteiger charge is 2.32. The van der Waals surface area contributed by atoms with Crippen molar-refractivity contribution < 1.29 is 9.90 Å². The monoisotopic (exact) mass is 335 g/mol. The van der Waals surface area contributed by atoms with Gasteiger partial charge in [-0.1, -0.05) is 12.1 Å². The number of carboxylic acids is 1. The summed E-state index contributed by atoms with van der Waals surface area (Å²) < 4.78 is 2.00. The van der Waals surface area contributed by atoms with Crippen molar-refractivity contribution in [1.29, 1.82) is 0 Å². The van der Waals surface area contributed by atoms with Gasteiger partial charge in [-0.25, -0.2) is 9.78 Å². The molecule has 1 aliphatic rings. The molecule has 0 atom stereocenters. The van der Waals surface area contributed by atoms with Gasteiger partial charge in [0.25, 0.3) is 0 Å². The quantitative estimate of drug-likeness (QED) is 0.767. The minimum absolute atomic E-state index is 0.190. The van der Waals surface area contributed by atoms with Crippen molar-refractivity contribution >= 4 is 22.7 Å². The van der Waals surface area contributed by atoms with Crippen molar-refractivity contribution in [3.05, 3.63) is 57.9 Å². The molecule has 1 fully saturated rings. The van der Waals surface area contributed by atoms with Gasteiger partial charge in [-0.15, -0.1) is 0 Å². The Kier molecular flexibility index (Phi) is 3.35. The predicted molar refractivity (Wildman–Crippen MR) is 95.8 cm³/mol. The second-order valence-electron chi connectivity index (χ2n) is 6.40. The number of aromatic nitrogens is 2. The molecule has 3 N–H and O–H groups in total. The lowest BCUT2D eigenvalue weighted by Crippen LogP contribution is -2.22. The van der Waals surface area contributed by atoms with Crippen LogP contribution in [0, 0.1) is 6.92 Å². The maximum atomic E-state index is 12.9. The van der Waals surface area contributed by atoms with Crippen LogP contribution >= 0.6 is 0 Å². The Morgan fingerprint density at radius 2 is 2.04 bits per heavy atom. The molecule has 126 valence electrons.